The number of carbonyl (C=O) groups is 3. The number of hydrogen-bond acceptors (Lipinski definition) is 7. The minimum Gasteiger partial charge on any atom is -0.454 e. The van der Waals surface area contributed by atoms with Gasteiger partial charge in [0, 0.05) is 23.9 Å². The Morgan fingerprint density at radius 2 is 1.81 bits per heavy atom. The number of ether oxygens (including phenoxy) is 2. The van der Waals surface area contributed by atoms with Crippen LogP contribution in [-0.4, -0.2) is 53.9 Å². The van der Waals surface area contributed by atoms with E-state index in [2.05, 4.69) is 5.32 Å². The van der Waals surface area contributed by atoms with Crippen LogP contribution >= 0.6 is 11.8 Å². The van der Waals surface area contributed by atoms with E-state index in [1.54, 1.807) is 36.0 Å². The second kappa shape index (κ2) is 8.35. The van der Waals surface area contributed by atoms with Crippen LogP contribution in [0, 0.1) is 0 Å². The Bertz CT molecular complexity index is 1120. The Morgan fingerprint density at radius 1 is 1.12 bits per heavy atom. The third-order valence-corrected chi connectivity index (χ3v) is 6.59. The van der Waals surface area contributed by atoms with E-state index in [0.29, 0.717) is 47.0 Å². The zero-order valence-corrected chi connectivity index (χ0v) is 18.4. The average molecular weight is 451 g/mol. The van der Waals surface area contributed by atoms with Gasteiger partial charge in [0.2, 0.25) is 6.79 Å². The molecular formula is C24H22N2O5S. The van der Waals surface area contributed by atoms with Gasteiger partial charge in [0.05, 0.1) is 11.1 Å². The van der Waals surface area contributed by atoms with E-state index in [-0.39, 0.29) is 12.6 Å². The molecule has 1 N–H and O–H groups in total. The van der Waals surface area contributed by atoms with Gasteiger partial charge in [-0.15, -0.1) is 0 Å². The molecule has 0 spiro atoms. The van der Waals surface area contributed by atoms with Gasteiger partial charge >= 0.3 is 0 Å². The lowest BCUT2D eigenvalue weighted by atomic mass is 9.95. The van der Waals surface area contributed by atoms with Crippen LogP contribution in [0.1, 0.15) is 38.3 Å². The number of hydrogen-bond donors (Lipinski definition) is 1. The number of amides is 2. The summed E-state index contributed by atoms with van der Waals surface area (Å²) in [6.45, 7) is 0.856. The van der Waals surface area contributed by atoms with Crippen LogP contribution in [0.4, 0.5) is 0 Å². The molecule has 2 aromatic rings. The summed E-state index contributed by atoms with van der Waals surface area (Å²) in [6.07, 6.45) is 4.65. The molecular weight excluding hydrogens is 428 g/mol. The third kappa shape index (κ3) is 3.44. The fourth-order valence-corrected chi connectivity index (χ4v) is 4.81. The number of nitrogens with zero attached hydrogens (tertiary/aromatic N) is 1. The van der Waals surface area contributed by atoms with E-state index < -0.39 is 17.9 Å². The summed E-state index contributed by atoms with van der Waals surface area (Å²) in [5, 5.41) is 3.29. The summed E-state index contributed by atoms with van der Waals surface area (Å²) < 4.78 is 11.0. The van der Waals surface area contributed by atoms with E-state index in [0.717, 1.165) is 22.4 Å². The van der Waals surface area contributed by atoms with Gasteiger partial charge < -0.3 is 14.8 Å². The molecule has 3 heterocycles. The number of carbonyl (C=O) groups excluding carboxylic acids is 3. The number of rotatable bonds is 6. The van der Waals surface area contributed by atoms with Gasteiger partial charge in [0.25, 0.3) is 11.8 Å². The first-order valence-electron chi connectivity index (χ1n) is 10.5. The van der Waals surface area contributed by atoms with Gasteiger partial charge in [-0.3, -0.25) is 19.3 Å². The van der Waals surface area contributed by atoms with Crippen LogP contribution in [0.15, 0.2) is 42.5 Å². The first-order chi connectivity index (χ1) is 15.6. The first-order valence-corrected chi connectivity index (χ1v) is 11.9. The Morgan fingerprint density at radius 3 is 2.50 bits per heavy atom. The summed E-state index contributed by atoms with van der Waals surface area (Å²) in [4.78, 5) is 40.6. The van der Waals surface area contributed by atoms with E-state index in [1.165, 1.54) is 6.08 Å². The zero-order valence-electron chi connectivity index (χ0n) is 17.6. The van der Waals surface area contributed by atoms with E-state index >= 15 is 0 Å². The summed E-state index contributed by atoms with van der Waals surface area (Å²) in [5.74, 6) is 0.898. The van der Waals surface area contributed by atoms with Crippen molar-refractivity contribution in [2.75, 3.05) is 25.3 Å². The van der Waals surface area contributed by atoms with Crippen molar-refractivity contribution >= 4 is 35.1 Å². The second-order valence-electron chi connectivity index (χ2n) is 7.82. The number of ketones is 1. The summed E-state index contributed by atoms with van der Waals surface area (Å²) in [6, 6.07) is 9.68. The highest BCUT2D eigenvalue weighted by Gasteiger charge is 2.42. The predicted molar refractivity (Wildman–Crippen MR) is 121 cm³/mol. The molecule has 0 aliphatic carbocycles. The van der Waals surface area contributed by atoms with Crippen LogP contribution in [-0.2, 0) is 11.2 Å². The van der Waals surface area contributed by atoms with Gasteiger partial charge in [0.15, 0.2) is 17.3 Å². The van der Waals surface area contributed by atoms with Gasteiger partial charge in [-0.25, -0.2) is 0 Å². The third-order valence-electron chi connectivity index (χ3n) is 5.95. The van der Waals surface area contributed by atoms with Crippen molar-refractivity contribution in [1.82, 2.24) is 10.2 Å². The number of nitrogens with one attached hydrogen (secondary N) is 1. The van der Waals surface area contributed by atoms with E-state index in [4.69, 9.17) is 9.47 Å². The van der Waals surface area contributed by atoms with Crippen LogP contribution in [0.5, 0.6) is 11.5 Å². The molecule has 3 aliphatic rings. The Kier molecular flexibility index (Phi) is 5.38. The van der Waals surface area contributed by atoms with Gasteiger partial charge in [-0.1, -0.05) is 12.1 Å². The first kappa shape index (κ1) is 20.6. The average Bonchev–Trinajstić information content (AvgIpc) is 3.36. The van der Waals surface area contributed by atoms with Crippen molar-refractivity contribution in [3.63, 3.8) is 0 Å². The molecule has 7 nitrogen and oxygen atoms in total. The van der Waals surface area contributed by atoms with Crippen molar-refractivity contribution < 1.29 is 23.9 Å². The molecule has 0 bridgehead atoms. The zero-order chi connectivity index (χ0) is 22.2. The van der Waals surface area contributed by atoms with Crippen molar-refractivity contribution in [3.8, 4) is 11.5 Å². The lowest BCUT2D eigenvalue weighted by Gasteiger charge is -2.26. The molecule has 5 rings (SSSR count). The van der Waals surface area contributed by atoms with Crippen LogP contribution in [0.3, 0.4) is 0 Å². The molecule has 3 aliphatic heterocycles. The number of thioether (sulfide) groups is 1. The molecule has 0 radical (unpaired) electrons. The lowest BCUT2D eigenvalue weighted by Crippen LogP contribution is -2.45. The van der Waals surface area contributed by atoms with Crippen LogP contribution in [0.2, 0.25) is 0 Å². The molecule has 164 valence electrons. The number of benzene rings is 2. The second-order valence-corrected chi connectivity index (χ2v) is 8.81. The molecule has 8 heteroatoms. The van der Waals surface area contributed by atoms with Gasteiger partial charge in [-0.2, -0.15) is 11.8 Å². The normalized spacial score (nSPS) is 18.4. The molecule has 0 saturated heterocycles. The molecule has 1 unspecified atom stereocenters. The summed E-state index contributed by atoms with van der Waals surface area (Å²) in [5.41, 5.74) is 3.30. The molecule has 32 heavy (non-hydrogen) atoms. The Hall–Kier alpha value is -3.26. The maximum Gasteiger partial charge on any atom is 0.262 e. The molecule has 0 fully saturated rings. The van der Waals surface area contributed by atoms with Crippen molar-refractivity contribution in [2.45, 2.75) is 18.9 Å². The van der Waals surface area contributed by atoms with Crippen molar-refractivity contribution in [3.05, 3.63) is 64.7 Å². The van der Waals surface area contributed by atoms with Crippen molar-refractivity contribution in [1.29, 1.82) is 0 Å². The highest BCUT2D eigenvalue weighted by molar-refractivity contribution is 7.98. The van der Waals surface area contributed by atoms with E-state index in [1.807, 2.05) is 18.4 Å². The molecule has 1 atom stereocenters. The lowest BCUT2D eigenvalue weighted by molar-refractivity contribution is -0.118. The van der Waals surface area contributed by atoms with Gasteiger partial charge in [-0.05, 0) is 54.7 Å². The smallest absolute Gasteiger partial charge is 0.262 e. The maximum atomic E-state index is 13.5. The Balaban J connectivity index is 1.49. The Labute approximate surface area is 189 Å². The fourth-order valence-electron chi connectivity index (χ4n) is 4.35. The SMILES string of the molecule is CSCCC(C(=O)/C=C1\NCCc2cc3c(cc21)OCO3)N1C(=O)c2ccccc2C1=O. The minimum atomic E-state index is -0.858. The van der Waals surface area contributed by atoms with E-state index in [9.17, 15) is 14.4 Å². The topological polar surface area (TPSA) is 84.9 Å². The molecule has 0 aromatic heterocycles. The van der Waals surface area contributed by atoms with Crippen LogP contribution < -0.4 is 14.8 Å². The minimum absolute atomic E-state index is 0.181. The predicted octanol–water partition coefficient (Wildman–Crippen LogP) is 2.89. The molecule has 0 saturated carbocycles. The monoisotopic (exact) mass is 450 g/mol. The van der Waals surface area contributed by atoms with Crippen LogP contribution in [0.25, 0.3) is 5.70 Å². The fraction of sp³-hybridized carbons (Fsp3) is 0.292. The van der Waals surface area contributed by atoms with Gasteiger partial charge in [0.1, 0.15) is 6.04 Å². The highest BCUT2D eigenvalue weighted by atomic mass is 32.2. The quantitative estimate of drug-likeness (QED) is 0.535. The molecule has 2 aromatic carbocycles. The maximum absolute atomic E-state index is 13.5. The standard InChI is InChI=1S/C24H22N2O5S/c1-32-9-7-19(26-23(28)15-4-2-3-5-16(15)24(26)29)20(27)12-18-17-11-22-21(30-13-31-22)10-14(17)6-8-25-18/h2-5,10-12,19,25H,6-9,13H2,1H3/b18-12-. The summed E-state index contributed by atoms with van der Waals surface area (Å²) >= 11 is 1.57. The molecule has 2 amide bonds. The summed E-state index contributed by atoms with van der Waals surface area (Å²) in [7, 11) is 0. The highest BCUT2D eigenvalue weighted by Crippen LogP contribution is 2.38. The van der Waals surface area contributed by atoms with Crippen molar-refractivity contribution in [2.24, 2.45) is 0 Å². The number of imide groups is 1. The number of fused-ring (bicyclic) bond motifs is 3. The largest absolute Gasteiger partial charge is 0.454 e.